The summed E-state index contributed by atoms with van der Waals surface area (Å²) in [5.74, 6) is -0.373. The Morgan fingerprint density at radius 1 is 1.33 bits per heavy atom. The second kappa shape index (κ2) is 6.38. The first-order valence-electron chi connectivity index (χ1n) is 5.72. The molecule has 1 N–H and O–H groups in total. The smallest absolute Gasteiger partial charge is 0.230 e. The molecule has 1 saturated heterocycles. The van der Waals surface area contributed by atoms with Crippen LogP contribution in [0.25, 0.3) is 0 Å². The highest BCUT2D eigenvalue weighted by atomic mass is 16.2. The summed E-state index contributed by atoms with van der Waals surface area (Å²) in [5, 5.41) is 2.32. The minimum atomic E-state index is -0.135. The van der Waals surface area contributed by atoms with Gasteiger partial charge >= 0.3 is 0 Å². The zero-order chi connectivity index (χ0) is 11.1. The molecule has 3 heteroatoms. The highest BCUT2D eigenvalue weighted by Crippen LogP contribution is 2.15. The number of imide groups is 1. The molecular formula is C12H19NO2. The van der Waals surface area contributed by atoms with Gasteiger partial charge in [-0.1, -0.05) is 31.9 Å². The van der Waals surface area contributed by atoms with Crippen molar-refractivity contribution < 1.29 is 9.59 Å². The molecule has 0 saturated carbocycles. The van der Waals surface area contributed by atoms with E-state index in [0.29, 0.717) is 12.8 Å². The van der Waals surface area contributed by atoms with Crippen LogP contribution in [-0.2, 0) is 9.59 Å². The summed E-state index contributed by atoms with van der Waals surface area (Å²) in [5.41, 5.74) is 0. The number of amides is 2. The van der Waals surface area contributed by atoms with E-state index < -0.39 is 0 Å². The van der Waals surface area contributed by atoms with Crippen LogP contribution < -0.4 is 5.32 Å². The topological polar surface area (TPSA) is 46.2 Å². The van der Waals surface area contributed by atoms with Gasteiger partial charge in [-0.2, -0.15) is 0 Å². The molecule has 0 spiro atoms. The van der Waals surface area contributed by atoms with Gasteiger partial charge < -0.3 is 0 Å². The van der Waals surface area contributed by atoms with Crippen LogP contribution in [0.15, 0.2) is 12.2 Å². The van der Waals surface area contributed by atoms with Gasteiger partial charge in [-0.15, -0.1) is 0 Å². The Morgan fingerprint density at radius 2 is 2.13 bits per heavy atom. The van der Waals surface area contributed by atoms with E-state index in [2.05, 4.69) is 18.3 Å². The molecule has 0 bridgehead atoms. The van der Waals surface area contributed by atoms with Crippen molar-refractivity contribution >= 4 is 11.8 Å². The molecule has 1 fully saturated rings. The van der Waals surface area contributed by atoms with Crippen molar-refractivity contribution in [3.63, 3.8) is 0 Å². The van der Waals surface area contributed by atoms with Crippen LogP contribution in [-0.4, -0.2) is 11.8 Å². The van der Waals surface area contributed by atoms with Crippen LogP contribution in [0.1, 0.15) is 45.4 Å². The van der Waals surface area contributed by atoms with E-state index in [9.17, 15) is 9.59 Å². The predicted octanol–water partition coefficient (Wildman–Crippen LogP) is 2.18. The Hall–Kier alpha value is -1.12. The molecule has 15 heavy (non-hydrogen) atoms. The SMILES string of the molecule is CCCCC/C=C/CC1CC(=O)NC1=O. The minimum Gasteiger partial charge on any atom is -0.296 e. The summed E-state index contributed by atoms with van der Waals surface area (Å²) < 4.78 is 0. The average Bonchev–Trinajstić information content (AvgIpc) is 2.51. The molecule has 0 aromatic rings. The minimum absolute atomic E-state index is 0.113. The van der Waals surface area contributed by atoms with Crippen LogP contribution in [0.2, 0.25) is 0 Å². The Bertz CT molecular complexity index is 258. The van der Waals surface area contributed by atoms with Gasteiger partial charge in [0.25, 0.3) is 0 Å². The highest BCUT2D eigenvalue weighted by Gasteiger charge is 2.28. The molecule has 0 radical (unpaired) electrons. The van der Waals surface area contributed by atoms with Gasteiger partial charge in [-0.3, -0.25) is 14.9 Å². The monoisotopic (exact) mass is 209 g/mol. The van der Waals surface area contributed by atoms with E-state index in [4.69, 9.17) is 0 Å². The van der Waals surface area contributed by atoms with E-state index in [1.54, 1.807) is 0 Å². The van der Waals surface area contributed by atoms with Crippen molar-refractivity contribution in [1.82, 2.24) is 5.32 Å². The van der Waals surface area contributed by atoms with Crippen molar-refractivity contribution in [2.24, 2.45) is 5.92 Å². The maximum absolute atomic E-state index is 11.2. The predicted molar refractivity (Wildman–Crippen MR) is 59.2 cm³/mol. The van der Waals surface area contributed by atoms with E-state index in [1.165, 1.54) is 19.3 Å². The fourth-order valence-electron chi connectivity index (χ4n) is 1.69. The van der Waals surface area contributed by atoms with Crippen molar-refractivity contribution in [1.29, 1.82) is 0 Å². The number of unbranched alkanes of at least 4 members (excludes halogenated alkanes) is 3. The van der Waals surface area contributed by atoms with Gasteiger partial charge in [-0.25, -0.2) is 0 Å². The van der Waals surface area contributed by atoms with Crippen LogP contribution in [0.5, 0.6) is 0 Å². The van der Waals surface area contributed by atoms with Gasteiger partial charge in [0.05, 0.1) is 5.92 Å². The molecule has 1 atom stereocenters. The summed E-state index contributed by atoms with van der Waals surface area (Å²) >= 11 is 0. The van der Waals surface area contributed by atoms with E-state index in [1.807, 2.05) is 6.08 Å². The second-order valence-corrected chi connectivity index (χ2v) is 4.02. The summed E-state index contributed by atoms with van der Waals surface area (Å²) in [6.45, 7) is 2.18. The number of hydrogen-bond acceptors (Lipinski definition) is 2. The lowest BCUT2D eigenvalue weighted by molar-refractivity contribution is -0.125. The largest absolute Gasteiger partial charge is 0.296 e. The molecule has 0 aromatic heterocycles. The fraction of sp³-hybridized carbons (Fsp3) is 0.667. The molecule has 1 aliphatic rings. The van der Waals surface area contributed by atoms with Crippen molar-refractivity contribution in [2.75, 3.05) is 0 Å². The lowest BCUT2D eigenvalue weighted by Crippen LogP contribution is -2.21. The molecular weight excluding hydrogens is 190 g/mol. The molecule has 3 nitrogen and oxygen atoms in total. The number of rotatable bonds is 6. The first-order valence-corrected chi connectivity index (χ1v) is 5.72. The maximum atomic E-state index is 11.2. The van der Waals surface area contributed by atoms with Crippen LogP contribution >= 0.6 is 0 Å². The third-order valence-corrected chi connectivity index (χ3v) is 2.63. The summed E-state index contributed by atoms with van der Waals surface area (Å²) in [6, 6.07) is 0. The summed E-state index contributed by atoms with van der Waals surface area (Å²) in [6.07, 6.45) is 9.98. The third kappa shape index (κ3) is 4.28. The van der Waals surface area contributed by atoms with Gasteiger partial charge in [0.2, 0.25) is 11.8 Å². The fourth-order valence-corrected chi connectivity index (χ4v) is 1.69. The first-order chi connectivity index (χ1) is 7.24. The van der Waals surface area contributed by atoms with Crippen LogP contribution in [0.4, 0.5) is 0 Å². The number of allylic oxidation sites excluding steroid dienone is 2. The van der Waals surface area contributed by atoms with Crippen molar-refractivity contribution in [3.05, 3.63) is 12.2 Å². The Balaban J connectivity index is 2.14. The first kappa shape index (κ1) is 12.0. The zero-order valence-electron chi connectivity index (χ0n) is 9.29. The van der Waals surface area contributed by atoms with E-state index >= 15 is 0 Å². The number of hydrogen-bond donors (Lipinski definition) is 1. The summed E-state index contributed by atoms with van der Waals surface area (Å²) in [4.78, 5) is 22.1. The Labute approximate surface area is 90.9 Å². The zero-order valence-corrected chi connectivity index (χ0v) is 9.29. The maximum Gasteiger partial charge on any atom is 0.230 e. The van der Waals surface area contributed by atoms with Crippen LogP contribution in [0.3, 0.4) is 0 Å². The number of carbonyl (C=O) groups excluding carboxylic acids is 2. The lowest BCUT2D eigenvalue weighted by atomic mass is 10.0. The van der Waals surface area contributed by atoms with E-state index in [-0.39, 0.29) is 17.7 Å². The molecule has 0 aromatic carbocycles. The van der Waals surface area contributed by atoms with Crippen LogP contribution in [0, 0.1) is 5.92 Å². The summed E-state index contributed by atoms with van der Waals surface area (Å²) in [7, 11) is 0. The number of carbonyl (C=O) groups is 2. The molecule has 1 heterocycles. The quantitative estimate of drug-likeness (QED) is 0.414. The molecule has 1 aliphatic heterocycles. The second-order valence-electron chi connectivity index (χ2n) is 4.02. The lowest BCUT2D eigenvalue weighted by Gasteiger charge is -1.99. The third-order valence-electron chi connectivity index (χ3n) is 2.63. The van der Waals surface area contributed by atoms with Crippen molar-refractivity contribution in [3.8, 4) is 0 Å². The Morgan fingerprint density at radius 3 is 2.73 bits per heavy atom. The van der Waals surface area contributed by atoms with Gasteiger partial charge in [0.15, 0.2) is 0 Å². The molecule has 2 amide bonds. The highest BCUT2D eigenvalue weighted by molar-refractivity contribution is 6.03. The molecule has 1 rings (SSSR count). The molecule has 84 valence electrons. The normalized spacial score (nSPS) is 21.3. The van der Waals surface area contributed by atoms with E-state index in [0.717, 1.165) is 6.42 Å². The molecule has 1 unspecified atom stereocenters. The Kier molecular flexibility index (Phi) is 5.08. The standard InChI is InChI=1S/C12H19NO2/c1-2-3-4-5-6-7-8-10-9-11(14)13-12(10)15/h6-7,10H,2-5,8-9H2,1H3,(H,13,14,15)/b7-6+. The van der Waals surface area contributed by atoms with Gasteiger partial charge in [0, 0.05) is 6.42 Å². The average molecular weight is 209 g/mol. The number of nitrogens with one attached hydrogen (secondary N) is 1. The van der Waals surface area contributed by atoms with Gasteiger partial charge in [0.1, 0.15) is 0 Å². The molecule has 0 aliphatic carbocycles. The van der Waals surface area contributed by atoms with Gasteiger partial charge in [-0.05, 0) is 19.3 Å². The van der Waals surface area contributed by atoms with Crippen molar-refractivity contribution in [2.45, 2.75) is 45.4 Å².